The van der Waals surface area contributed by atoms with Crippen LogP contribution in [0.1, 0.15) is 39.4 Å². The third-order valence-corrected chi connectivity index (χ3v) is 3.63. The lowest BCUT2D eigenvalue weighted by atomic mass is 10.1. The van der Waals surface area contributed by atoms with Gasteiger partial charge in [0, 0.05) is 13.0 Å². The summed E-state index contributed by atoms with van der Waals surface area (Å²) in [6.07, 6.45) is 2.90. The summed E-state index contributed by atoms with van der Waals surface area (Å²) in [5, 5.41) is 2.96. The van der Waals surface area contributed by atoms with E-state index in [1.54, 1.807) is 0 Å². The zero-order valence-electron chi connectivity index (χ0n) is 13.7. The summed E-state index contributed by atoms with van der Waals surface area (Å²) in [6.45, 7) is 7.43. The summed E-state index contributed by atoms with van der Waals surface area (Å²) in [7, 11) is 0. The molecule has 0 aliphatic carbocycles. The lowest BCUT2D eigenvalue weighted by molar-refractivity contribution is -0.121. The van der Waals surface area contributed by atoms with E-state index < -0.39 is 0 Å². The number of hydrogen-bond donors (Lipinski definition) is 2. The Balaban J connectivity index is 2.29. The van der Waals surface area contributed by atoms with Crippen LogP contribution in [0.2, 0.25) is 0 Å². The smallest absolute Gasteiger partial charge is 0.240 e. The summed E-state index contributed by atoms with van der Waals surface area (Å²) >= 11 is 0. The number of carbonyl (C=O) groups excluding carboxylic acids is 1. The molecule has 120 valence electrons. The number of benzene rings is 1. The van der Waals surface area contributed by atoms with Crippen molar-refractivity contribution in [3.63, 3.8) is 0 Å². The minimum atomic E-state index is 0.0279. The molecule has 0 atom stereocenters. The number of fused-ring (bicyclic) bond motifs is 1. The molecule has 0 spiro atoms. The first-order valence-corrected chi connectivity index (χ1v) is 8.03. The number of nitrogens with zero attached hydrogens (tertiary/aromatic N) is 2. The lowest BCUT2D eigenvalue weighted by Crippen LogP contribution is -2.29. The van der Waals surface area contributed by atoms with Gasteiger partial charge in [-0.1, -0.05) is 33.3 Å². The van der Waals surface area contributed by atoms with Gasteiger partial charge in [-0.25, -0.2) is 4.98 Å². The molecular weight excluding hydrogens is 276 g/mol. The van der Waals surface area contributed by atoms with E-state index >= 15 is 0 Å². The fourth-order valence-corrected chi connectivity index (χ4v) is 2.52. The number of imidazole rings is 1. The number of nitrogen functional groups attached to an aromatic ring is 1. The van der Waals surface area contributed by atoms with Crippen LogP contribution in [0.5, 0.6) is 0 Å². The summed E-state index contributed by atoms with van der Waals surface area (Å²) in [4.78, 5) is 16.8. The van der Waals surface area contributed by atoms with Crippen LogP contribution < -0.4 is 11.1 Å². The highest BCUT2D eigenvalue weighted by molar-refractivity contribution is 5.89. The second kappa shape index (κ2) is 7.29. The minimum Gasteiger partial charge on any atom is -0.397 e. The van der Waals surface area contributed by atoms with E-state index in [1.165, 1.54) is 0 Å². The largest absolute Gasteiger partial charge is 0.397 e. The van der Waals surface area contributed by atoms with E-state index in [1.807, 2.05) is 22.8 Å². The van der Waals surface area contributed by atoms with Gasteiger partial charge in [0.15, 0.2) is 0 Å². The first-order chi connectivity index (χ1) is 10.5. The molecule has 0 unspecified atom stereocenters. The molecule has 1 aromatic carbocycles. The van der Waals surface area contributed by atoms with Gasteiger partial charge in [0.1, 0.15) is 17.9 Å². The number of anilines is 1. The highest BCUT2D eigenvalue weighted by atomic mass is 16.1. The number of carbonyl (C=O) groups is 1. The first kappa shape index (κ1) is 16.3. The highest BCUT2D eigenvalue weighted by Gasteiger charge is 2.15. The Hall–Kier alpha value is -2.04. The summed E-state index contributed by atoms with van der Waals surface area (Å²) in [6, 6.07) is 5.73. The van der Waals surface area contributed by atoms with E-state index in [4.69, 9.17) is 5.73 Å². The molecule has 1 heterocycles. The van der Waals surface area contributed by atoms with Crippen LogP contribution in [0.25, 0.3) is 11.0 Å². The number of hydrogen-bond acceptors (Lipinski definition) is 3. The van der Waals surface area contributed by atoms with Crippen LogP contribution in [-0.4, -0.2) is 22.0 Å². The van der Waals surface area contributed by atoms with Gasteiger partial charge in [0.2, 0.25) is 5.91 Å². The second-order valence-corrected chi connectivity index (χ2v) is 6.13. The van der Waals surface area contributed by atoms with Crippen LogP contribution in [0.3, 0.4) is 0 Å². The summed E-state index contributed by atoms with van der Waals surface area (Å²) < 4.78 is 1.99. The molecule has 2 aromatic rings. The third kappa shape index (κ3) is 3.78. The number of aromatic nitrogens is 2. The van der Waals surface area contributed by atoms with Crippen molar-refractivity contribution in [3.05, 3.63) is 24.0 Å². The van der Waals surface area contributed by atoms with E-state index in [0.29, 0.717) is 18.2 Å². The summed E-state index contributed by atoms with van der Waals surface area (Å²) in [5.41, 5.74) is 8.40. The number of unbranched alkanes of at least 4 members (excludes halogenated alkanes) is 1. The van der Waals surface area contributed by atoms with Crippen LogP contribution in [0, 0.1) is 5.92 Å². The quantitative estimate of drug-likeness (QED) is 0.610. The second-order valence-electron chi connectivity index (χ2n) is 6.13. The fourth-order valence-electron chi connectivity index (χ4n) is 2.52. The average Bonchev–Trinajstić information content (AvgIpc) is 2.78. The predicted molar refractivity (Wildman–Crippen MR) is 90.6 cm³/mol. The maximum atomic E-state index is 12.2. The van der Waals surface area contributed by atoms with E-state index in [9.17, 15) is 4.79 Å². The number of amides is 1. The zero-order chi connectivity index (χ0) is 16.1. The Labute approximate surface area is 131 Å². The molecule has 1 amide bonds. The van der Waals surface area contributed by atoms with E-state index in [0.717, 1.165) is 42.7 Å². The molecule has 5 nitrogen and oxygen atoms in total. The van der Waals surface area contributed by atoms with Crippen molar-refractivity contribution in [2.45, 2.75) is 46.6 Å². The van der Waals surface area contributed by atoms with Crippen LogP contribution in [0.15, 0.2) is 18.2 Å². The molecule has 0 bridgehead atoms. The van der Waals surface area contributed by atoms with Crippen molar-refractivity contribution in [2.75, 3.05) is 12.3 Å². The van der Waals surface area contributed by atoms with E-state index in [-0.39, 0.29) is 5.91 Å². The van der Waals surface area contributed by atoms with Gasteiger partial charge in [-0.2, -0.15) is 0 Å². The van der Waals surface area contributed by atoms with Gasteiger partial charge in [-0.15, -0.1) is 0 Å². The fraction of sp³-hybridized carbons (Fsp3) is 0.529. The van der Waals surface area contributed by atoms with Crippen molar-refractivity contribution >= 4 is 22.6 Å². The van der Waals surface area contributed by atoms with Gasteiger partial charge in [-0.05, 0) is 24.5 Å². The molecule has 22 heavy (non-hydrogen) atoms. The standard InChI is InChI=1S/C17H26N4O/c1-4-5-9-19-16(22)11-21-14-8-6-7-13(18)17(14)20-15(21)10-12(2)3/h6-8,12H,4-5,9-11,18H2,1-3H3,(H,19,22). The zero-order valence-corrected chi connectivity index (χ0v) is 13.7. The Morgan fingerprint density at radius 2 is 2.18 bits per heavy atom. The van der Waals surface area contributed by atoms with Gasteiger partial charge >= 0.3 is 0 Å². The Bertz CT molecular complexity index is 645. The normalized spacial score (nSPS) is 11.3. The Kier molecular flexibility index (Phi) is 5.41. The number of nitrogens with one attached hydrogen (secondary N) is 1. The van der Waals surface area contributed by atoms with Crippen molar-refractivity contribution in [2.24, 2.45) is 5.92 Å². The number of nitrogens with two attached hydrogens (primary N) is 1. The molecule has 1 aromatic heterocycles. The van der Waals surface area contributed by atoms with Gasteiger partial charge in [-0.3, -0.25) is 4.79 Å². The molecular formula is C17H26N4O. The molecule has 0 saturated heterocycles. The van der Waals surface area contributed by atoms with Crippen molar-refractivity contribution in [3.8, 4) is 0 Å². The van der Waals surface area contributed by atoms with Crippen LogP contribution in [0.4, 0.5) is 5.69 Å². The third-order valence-electron chi connectivity index (χ3n) is 3.63. The van der Waals surface area contributed by atoms with E-state index in [2.05, 4.69) is 31.1 Å². The van der Waals surface area contributed by atoms with Gasteiger partial charge in [0.05, 0.1) is 11.2 Å². The number of para-hydroxylation sites is 1. The number of rotatable bonds is 7. The molecule has 0 radical (unpaired) electrons. The summed E-state index contributed by atoms with van der Waals surface area (Å²) in [5.74, 6) is 1.42. The van der Waals surface area contributed by atoms with Crippen LogP contribution >= 0.6 is 0 Å². The molecule has 0 fully saturated rings. The monoisotopic (exact) mass is 302 g/mol. The maximum Gasteiger partial charge on any atom is 0.240 e. The Morgan fingerprint density at radius 1 is 1.41 bits per heavy atom. The Morgan fingerprint density at radius 3 is 2.86 bits per heavy atom. The van der Waals surface area contributed by atoms with Crippen molar-refractivity contribution < 1.29 is 4.79 Å². The van der Waals surface area contributed by atoms with Gasteiger partial charge < -0.3 is 15.6 Å². The maximum absolute atomic E-state index is 12.2. The van der Waals surface area contributed by atoms with Crippen molar-refractivity contribution in [1.29, 1.82) is 0 Å². The molecule has 0 saturated carbocycles. The predicted octanol–water partition coefficient (Wildman–Crippen LogP) is 2.73. The lowest BCUT2D eigenvalue weighted by Gasteiger charge is -2.11. The van der Waals surface area contributed by atoms with Gasteiger partial charge in [0.25, 0.3) is 0 Å². The highest BCUT2D eigenvalue weighted by Crippen LogP contribution is 2.23. The van der Waals surface area contributed by atoms with Crippen LogP contribution in [-0.2, 0) is 17.8 Å². The van der Waals surface area contributed by atoms with Crippen molar-refractivity contribution in [1.82, 2.24) is 14.9 Å². The SMILES string of the molecule is CCCCNC(=O)Cn1c(CC(C)C)nc2c(N)cccc21. The topological polar surface area (TPSA) is 72.9 Å². The molecule has 2 rings (SSSR count). The molecule has 3 N–H and O–H groups in total. The average molecular weight is 302 g/mol. The molecule has 0 aliphatic rings. The first-order valence-electron chi connectivity index (χ1n) is 8.03. The minimum absolute atomic E-state index is 0.0279. The molecule has 0 aliphatic heterocycles. The molecule has 5 heteroatoms.